The van der Waals surface area contributed by atoms with Crippen LogP contribution in [0.4, 0.5) is 8.78 Å². The number of benzene rings is 1. The molecule has 2 rings (SSSR count). The van der Waals surface area contributed by atoms with Gasteiger partial charge in [-0.25, -0.2) is 8.78 Å². The Kier molecular flexibility index (Phi) is 5.06. The molecule has 1 aromatic rings. The highest BCUT2D eigenvalue weighted by Crippen LogP contribution is 2.25. The lowest BCUT2D eigenvalue weighted by molar-refractivity contribution is -0.142. The molecule has 0 heterocycles. The van der Waals surface area contributed by atoms with Gasteiger partial charge in [0.15, 0.2) is 0 Å². The summed E-state index contributed by atoms with van der Waals surface area (Å²) in [5.74, 6) is -1.26. The van der Waals surface area contributed by atoms with Gasteiger partial charge in [0.1, 0.15) is 11.6 Å². The maximum atomic E-state index is 13.7. The van der Waals surface area contributed by atoms with Crippen LogP contribution in [0.5, 0.6) is 0 Å². The number of hydrogen-bond donors (Lipinski definition) is 0. The number of carbonyl (C=O) groups is 1. The molecule has 110 valence electrons. The molecule has 0 spiro atoms. The van der Waals surface area contributed by atoms with Crippen LogP contribution in [0.1, 0.15) is 31.2 Å². The van der Waals surface area contributed by atoms with E-state index < -0.39 is 11.6 Å². The molecule has 0 aromatic heterocycles. The first-order chi connectivity index (χ1) is 9.60. The fraction of sp³-hybridized carbons (Fsp3) is 0.533. The second-order valence-electron chi connectivity index (χ2n) is 5.16. The first-order valence-corrected chi connectivity index (χ1v) is 6.85. The van der Waals surface area contributed by atoms with Crippen molar-refractivity contribution in [3.8, 4) is 0 Å². The minimum absolute atomic E-state index is 0.108. The van der Waals surface area contributed by atoms with Crippen LogP contribution >= 0.6 is 0 Å². The van der Waals surface area contributed by atoms with Crippen molar-refractivity contribution in [2.75, 3.05) is 13.7 Å². The standard InChI is InChI=1S/C15H19F2NO2/c1-20-15(19)10-18(13-4-2-3-5-13)9-11-8-12(16)6-7-14(11)17/h6-8,13H,2-5,9-10H2,1H3. The highest BCUT2D eigenvalue weighted by molar-refractivity contribution is 5.71. The van der Waals surface area contributed by atoms with Crippen LogP contribution in [-0.4, -0.2) is 30.6 Å². The van der Waals surface area contributed by atoms with Crippen molar-refractivity contribution in [2.45, 2.75) is 38.3 Å². The average molecular weight is 283 g/mol. The molecule has 3 nitrogen and oxygen atoms in total. The molecule has 0 aliphatic heterocycles. The Labute approximate surface area is 117 Å². The van der Waals surface area contributed by atoms with Crippen molar-refractivity contribution in [3.63, 3.8) is 0 Å². The van der Waals surface area contributed by atoms with Crippen LogP contribution in [0.2, 0.25) is 0 Å². The normalized spacial score (nSPS) is 15.8. The summed E-state index contributed by atoms with van der Waals surface area (Å²) >= 11 is 0. The van der Waals surface area contributed by atoms with Crippen LogP contribution in [0, 0.1) is 11.6 Å². The van der Waals surface area contributed by atoms with Crippen LogP contribution in [0.25, 0.3) is 0 Å². The molecule has 0 N–H and O–H groups in total. The summed E-state index contributed by atoms with van der Waals surface area (Å²) in [5.41, 5.74) is 0.279. The minimum Gasteiger partial charge on any atom is -0.468 e. The van der Waals surface area contributed by atoms with Gasteiger partial charge in [0.2, 0.25) is 0 Å². The van der Waals surface area contributed by atoms with E-state index in [2.05, 4.69) is 4.74 Å². The van der Waals surface area contributed by atoms with Crippen molar-refractivity contribution >= 4 is 5.97 Å². The fourth-order valence-corrected chi connectivity index (χ4v) is 2.70. The van der Waals surface area contributed by atoms with E-state index in [4.69, 9.17) is 0 Å². The zero-order valence-corrected chi connectivity index (χ0v) is 11.6. The maximum absolute atomic E-state index is 13.7. The average Bonchev–Trinajstić information content (AvgIpc) is 2.96. The molecule has 5 heteroatoms. The number of hydrogen-bond acceptors (Lipinski definition) is 3. The van der Waals surface area contributed by atoms with E-state index in [0.29, 0.717) is 0 Å². The van der Waals surface area contributed by atoms with Crippen LogP contribution in [0.15, 0.2) is 18.2 Å². The number of carbonyl (C=O) groups excluding carboxylic acids is 1. The molecule has 0 amide bonds. The number of halogens is 2. The Bertz CT molecular complexity index is 473. The SMILES string of the molecule is COC(=O)CN(Cc1cc(F)ccc1F)C1CCCC1. The van der Waals surface area contributed by atoms with Crippen molar-refractivity contribution < 1.29 is 18.3 Å². The van der Waals surface area contributed by atoms with Gasteiger partial charge < -0.3 is 4.74 Å². The van der Waals surface area contributed by atoms with E-state index in [-0.39, 0.29) is 30.7 Å². The monoisotopic (exact) mass is 283 g/mol. The molecule has 0 bridgehead atoms. The van der Waals surface area contributed by atoms with E-state index in [0.717, 1.165) is 37.8 Å². The van der Waals surface area contributed by atoms with E-state index >= 15 is 0 Å². The molecule has 1 aliphatic carbocycles. The molecule has 20 heavy (non-hydrogen) atoms. The third-order valence-corrected chi connectivity index (χ3v) is 3.78. The van der Waals surface area contributed by atoms with Crippen LogP contribution in [0.3, 0.4) is 0 Å². The third-order valence-electron chi connectivity index (χ3n) is 3.78. The smallest absolute Gasteiger partial charge is 0.319 e. The fourth-order valence-electron chi connectivity index (χ4n) is 2.70. The van der Waals surface area contributed by atoms with Gasteiger partial charge in [-0.1, -0.05) is 12.8 Å². The summed E-state index contributed by atoms with van der Waals surface area (Å²) < 4.78 is 31.6. The number of methoxy groups -OCH3 is 1. The second kappa shape index (κ2) is 6.79. The van der Waals surface area contributed by atoms with Gasteiger partial charge >= 0.3 is 5.97 Å². The zero-order chi connectivity index (χ0) is 14.5. The predicted octanol–water partition coefficient (Wildman–Crippen LogP) is 2.88. The molecule has 0 radical (unpaired) electrons. The lowest BCUT2D eigenvalue weighted by Crippen LogP contribution is -2.37. The van der Waals surface area contributed by atoms with Gasteiger partial charge in [-0.3, -0.25) is 9.69 Å². The Hall–Kier alpha value is -1.49. The van der Waals surface area contributed by atoms with Gasteiger partial charge in [-0.05, 0) is 31.0 Å². The Balaban J connectivity index is 2.13. The summed E-state index contributed by atoms with van der Waals surface area (Å²) in [6, 6.07) is 3.64. The highest BCUT2D eigenvalue weighted by atomic mass is 19.1. The van der Waals surface area contributed by atoms with Crippen LogP contribution < -0.4 is 0 Å². The lowest BCUT2D eigenvalue weighted by Gasteiger charge is -2.27. The topological polar surface area (TPSA) is 29.5 Å². The quantitative estimate of drug-likeness (QED) is 0.778. The van der Waals surface area contributed by atoms with Gasteiger partial charge in [-0.2, -0.15) is 0 Å². The van der Waals surface area contributed by atoms with Gasteiger partial charge in [0.05, 0.1) is 13.7 Å². The number of nitrogens with zero attached hydrogens (tertiary/aromatic N) is 1. The molecule has 1 aromatic carbocycles. The number of esters is 1. The number of ether oxygens (including phenoxy) is 1. The van der Waals surface area contributed by atoms with Crippen LogP contribution in [-0.2, 0) is 16.1 Å². The molecule has 0 unspecified atom stereocenters. The first kappa shape index (κ1) is 14.9. The molecule has 1 fully saturated rings. The maximum Gasteiger partial charge on any atom is 0.319 e. The molecule has 1 aliphatic rings. The summed E-state index contributed by atoms with van der Waals surface area (Å²) in [6.07, 6.45) is 4.17. The molecule has 0 saturated heterocycles. The zero-order valence-electron chi connectivity index (χ0n) is 11.6. The van der Waals surface area contributed by atoms with E-state index in [1.165, 1.54) is 13.2 Å². The second-order valence-corrected chi connectivity index (χ2v) is 5.16. The van der Waals surface area contributed by atoms with Crippen molar-refractivity contribution in [3.05, 3.63) is 35.4 Å². The van der Waals surface area contributed by atoms with Crippen molar-refractivity contribution in [2.24, 2.45) is 0 Å². The Morgan fingerprint density at radius 2 is 2.05 bits per heavy atom. The molecule has 1 saturated carbocycles. The van der Waals surface area contributed by atoms with Gasteiger partial charge in [0, 0.05) is 18.2 Å². The summed E-state index contributed by atoms with van der Waals surface area (Å²) in [5, 5.41) is 0. The molecular weight excluding hydrogens is 264 g/mol. The summed E-state index contributed by atoms with van der Waals surface area (Å²) in [6.45, 7) is 0.334. The predicted molar refractivity (Wildman–Crippen MR) is 71.0 cm³/mol. The molecular formula is C15H19F2NO2. The Morgan fingerprint density at radius 1 is 1.35 bits per heavy atom. The van der Waals surface area contributed by atoms with E-state index in [9.17, 15) is 13.6 Å². The lowest BCUT2D eigenvalue weighted by atomic mass is 10.1. The van der Waals surface area contributed by atoms with Gasteiger partial charge in [0.25, 0.3) is 0 Å². The number of rotatable bonds is 5. The molecule has 0 atom stereocenters. The van der Waals surface area contributed by atoms with E-state index in [1.54, 1.807) is 0 Å². The minimum atomic E-state index is -0.467. The Morgan fingerprint density at radius 3 is 2.70 bits per heavy atom. The first-order valence-electron chi connectivity index (χ1n) is 6.85. The van der Waals surface area contributed by atoms with E-state index in [1.807, 2.05) is 4.90 Å². The van der Waals surface area contributed by atoms with Crippen molar-refractivity contribution in [1.29, 1.82) is 0 Å². The summed E-state index contributed by atoms with van der Waals surface area (Å²) in [4.78, 5) is 13.4. The largest absolute Gasteiger partial charge is 0.468 e. The third kappa shape index (κ3) is 3.76. The highest BCUT2D eigenvalue weighted by Gasteiger charge is 2.25. The summed E-state index contributed by atoms with van der Waals surface area (Å²) in [7, 11) is 1.33. The van der Waals surface area contributed by atoms with Crippen molar-refractivity contribution in [1.82, 2.24) is 4.90 Å². The van der Waals surface area contributed by atoms with Gasteiger partial charge in [-0.15, -0.1) is 0 Å².